The van der Waals surface area contributed by atoms with Crippen LogP contribution in [0.25, 0.3) is 0 Å². The zero-order valence-corrected chi connectivity index (χ0v) is 14.3. The molecule has 2 unspecified atom stereocenters. The molecule has 1 aliphatic heterocycles. The largest absolute Gasteiger partial charge is 0.489 e. The molecule has 2 amide bonds. The van der Waals surface area contributed by atoms with Crippen molar-refractivity contribution in [3.05, 3.63) is 24.3 Å². The summed E-state index contributed by atoms with van der Waals surface area (Å²) in [7, 11) is 0. The predicted octanol–water partition coefficient (Wildman–Crippen LogP) is 3.80. The molecule has 1 aromatic carbocycles. The normalized spacial score (nSPS) is 19.2. The van der Waals surface area contributed by atoms with Gasteiger partial charge < -0.3 is 20.1 Å². The summed E-state index contributed by atoms with van der Waals surface area (Å²) in [5, 5.41) is 5.80. The zero-order chi connectivity index (χ0) is 16.7. The second-order valence-corrected chi connectivity index (χ2v) is 6.43. The molecule has 128 valence electrons. The number of amides is 2. The number of ether oxygens (including phenoxy) is 2. The maximum Gasteiger partial charge on any atom is 0.319 e. The van der Waals surface area contributed by atoms with E-state index >= 15 is 0 Å². The summed E-state index contributed by atoms with van der Waals surface area (Å²) in [6, 6.07) is 7.39. The number of nitrogens with one attached hydrogen (secondary N) is 2. The Morgan fingerprint density at radius 2 is 2.09 bits per heavy atom. The maximum absolute atomic E-state index is 12.1. The molecular formula is C18H28N2O3. The molecule has 1 fully saturated rings. The quantitative estimate of drug-likeness (QED) is 0.838. The number of anilines is 1. The van der Waals surface area contributed by atoms with Crippen LogP contribution in [0.1, 0.15) is 40.0 Å². The van der Waals surface area contributed by atoms with E-state index in [-0.39, 0.29) is 18.2 Å². The molecule has 0 aromatic heterocycles. The zero-order valence-electron chi connectivity index (χ0n) is 14.3. The summed E-state index contributed by atoms with van der Waals surface area (Å²) in [6.45, 7) is 7.47. The SMILES string of the molecule is CC(C)C(C)NC(=O)Nc1ccccc1OCC1CCCCO1. The monoisotopic (exact) mass is 320 g/mol. The Kier molecular flexibility index (Phi) is 6.71. The van der Waals surface area contributed by atoms with Crippen molar-refractivity contribution >= 4 is 11.7 Å². The Morgan fingerprint density at radius 1 is 1.30 bits per heavy atom. The number of carbonyl (C=O) groups is 1. The van der Waals surface area contributed by atoms with Gasteiger partial charge in [-0.05, 0) is 44.2 Å². The number of urea groups is 1. The van der Waals surface area contributed by atoms with Gasteiger partial charge in [0, 0.05) is 12.6 Å². The molecule has 0 saturated carbocycles. The van der Waals surface area contributed by atoms with Gasteiger partial charge in [-0.2, -0.15) is 0 Å². The molecule has 23 heavy (non-hydrogen) atoms. The second-order valence-electron chi connectivity index (χ2n) is 6.43. The fourth-order valence-corrected chi connectivity index (χ4v) is 2.35. The van der Waals surface area contributed by atoms with Crippen LogP contribution >= 0.6 is 0 Å². The Bertz CT molecular complexity index is 499. The summed E-state index contributed by atoms with van der Waals surface area (Å²) in [6.07, 6.45) is 3.49. The van der Waals surface area contributed by atoms with Crippen LogP contribution in [0.5, 0.6) is 5.75 Å². The van der Waals surface area contributed by atoms with E-state index in [9.17, 15) is 4.79 Å². The van der Waals surface area contributed by atoms with Crippen LogP contribution in [0.4, 0.5) is 10.5 Å². The van der Waals surface area contributed by atoms with E-state index in [1.54, 1.807) is 0 Å². The summed E-state index contributed by atoms with van der Waals surface area (Å²) < 4.78 is 11.5. The van der Waals surface area contributed by atoms with Gasteiger partial charge in [0.05, 0.1) is 11.8 Å². The van der Waals surface area contributed by atoms with Crippen LogP contribution in [0, 0.1) is 5.92 Å². The van der Waals surface area contributed by atoms with Crippen molar-refractivity contribution < 1.29 is 14.3 Å². The Labute approximate surface area is 138 Å². The van der Waals surface area contributed by atoms with Gasteiger partial charge in [-0.3, -0.25) is 0 Å². The molecular weight excluding hydrogens is 292 g/mol. The lowest BCUT2D eigenvalue weighted by molar-refractivity contribution is -0.0109. The van der Waals surface area contributed by atoms with Crippen LogP contribution in [-0.2, 0) is 4.74 Å². The third-order valence-electron chi connectivity index (χ3n) is 4.19. The third-order valence-corrected chi connectivity index (χ3v) is 4.19. The van der Waals surface area contributed by atoms with E-state index in [1.807, 2.05) is 31.2 Å². The highest BCUT2D eigenvalue weighted by atomic mass is 16.5. The van der Waals surface area contributed by atoms with Crippen LogP contribution in [0.2, 0.25) is 0 Å². The third kappa shape index (κ3) is 5.75. The van der Waals surface area contributed by atoms with Gasteiger partial charge in [-0.25, -0.2) is 4.79 Å². The summed E-state index contributed by atoms with van der Waals surface area (Å²) >= 11 is 0. The second kappa shape index (κ2) is 8.77. The average molecular weight is 320 g/mol. The number of para-hydroxylation sites is 2. The Morgan fingerprint density at radius 3 is 2.78 bits per heavy atom. The van der Waals surface area contributed by atoms with E-state index < -0.39 is 0 Å². The number of hydrogen-bond donors (Lipinski definition) is 2. The van der Waals surface area contributed by atoms with Crippen LogP contribution in [0.15, 0.2) is 24.3 Å². The molecule has 0 bridgehead atoms. The average Bonchev–Trinajstić information content (AvgIpc) is 2.54. The van der Waals surface area contributed by atoms with Crippen molar-refractivity contribution in [3.8, 4) is 5.75 Å². The molecule has 1 saturated heterocycles. The van der Waals surface area contributed by atoms with E-state index in [0.29, 0.717) is 24.0 Å². The molecule has 2 atom stereocenters. The molecule has 1 heterocycles. The smallest absolute Gasteiger partial charge is 0.319 e. The van der Waals surface area contributed by atoms with Crippen LogP contribution in [-0.4, -0.2) is 31.4 Å². The first-order valence-corrected chi connectivity index (χ1v) is 8.47. The Balaban J connectivity index is 1.90. The summed E-state index contributed by atoms with van der Waals surface area (Å²) in [4.78, 5) is 12.1. The lowest BCUT2D eigenvalue weighted by Gasteiger charge is -2.23. The van der Waals surface area contributed by atoms with E-state index in [0.717, 1.165) is 19.4 Å². The Hall–Kier alpha value is -1.75. The predicted molar refractivity (Wildman–Crippen MR) is 92.0 cm³/mol. The molecule has 1 aliphatic rings. The van der Waals surface area contributed by atoms with Crippen molar-refractivity contribution in [1.82, 2.24) is 5.32 Å². The summed E-state index contributed by atoms with van der Waals surface area (Å²) in [5.41, 5.74) is 0.678. The first-order chi connectivity index (χ1) is 11.1. The van der Waals surface area contributed by atoms with Crippen molar-refractivity contribution in [1.29, 1.82) is 0 Å². The minimum Gasteiger partial charge on any atom is -0.489 e. The first-order valence-electron chi connectivity index (χ1n) is 8.47. The fraction of sp³-hybridized carbons (Fsp3) is 0.611. The lowest BCUT2D eigenvalue weighted by atomic mass is 10.1. The van der Waals surface area contributed by atoms with Gasteiger partial charge in [0.1, 0.15) is 12.4 Å². The highest BCUT2D eigenvalue weighted by molar-refractivity contribution is 5.91. The van der Waals surface area contributed by atoms with Crippen molar-refractivity contribution in [2.24, 2.45) is 5.92 Å². The van der Waals surface area contributed by atoms with Gasteiger partial charge in [0.2, 0.25) is 0 Å². The van der Waals surface area contributed by atoms with Crippen molar-refractivity contribution in [2.75, 3.05) is 18.5 Å². The van der Waals surface area contributed by atoms with Crippen molar-refractivity contribution in [3.63, 3.8) is 0 Å². The topological polar surface area (TPSA) is 59.6 Å². The number of rotatable bonds is 6. The highest BCUT2D eigenvalue weighted by Crippen LogP contribution is 2.25. The van der Waals surface area contributed by atoms with Crippen LogP contribution in [0.3, 0.4) is 0 Å². The number of benzene rings is 1. The molecule has 0 spiro atoms. The van der Waals surface area contributed by atoms with Gasteiger partial charge in [-0.15, -0.1) is 0 Å². The minimum atomic E-state index is -0.212. The van der Waals surface area contributed by atoms with Gasteiger partial charge >= 0.3 is 6.03 Å². The van der Waals surface area contributed by atoms with Crippen LogP contribution < -0.4 is 15.4 Å². The molecule has 2 rings (SSSR count). The van der Waals surface area contributed by atoms with E-state index in [1.165, 1.54) is 6.42 Å². The molecule has 5 nitrogen and oxygen atoms in total. The minimum absolute atomic E-state index is 0.110. The van der Waals surface area contributed by atoms with E-state index in [4.69, 9.17) is 9.47 Å². The van der Waals surface area contributed by atoms with Gasteiger partial charge in [0.15, 0.2) is 0 Å². The summed E-state index contributed by atoms with van der Waals surface area (Å²) in [5.74, 6) is 1.06. The highest BCUT2D eigenvalue weighted by Gasteiger charge is 2.16. The maximum atomic E-state index is 12.1. The van der Waals surface area contributed by atoms with Gasteiger partial charge in [0.25, 0.3) is 0 Å². The van der Waals surface area contributed by atoms with Gasteiger partial charge in [-0.1, -0.05) is 26.0 Å². The number of hydrogen-bond acceptors (Lipinski definition) is 3. The van der Waals surface area contributed by atoms with Crippen molar-refractivity contribution in [2.45, 2.75) is 52.2 Å². The molecule has 2 N–H and O–H groups in total. The molecule has 0 radical (unpaired) electrons. The molecule has 5 heteroatoms. The first kappa shape index (κ1) is 17.6. The fourth-order valence-electron chi connectivity index (χ4n) is 2.35. The van der Waals surface area contributed by atoms with E-state index in [2.05, 4.69) is 24.5 Å². The lowest BCUT2D eigenvalue weighted by Crippen LogP contribution is -2.39. The number of carbonyl (C=O) groups excluding carboxylic acids is 1. The molecule has 0 aliphatic carbocycles. The molecule has 1 aromatic rings. The standard InChI is InChI=1S/C18H28N2O3/c1-13(2)14(3)19-18(21)20-16-9-4-5-10-17(16)23-12-15-8-6-7-11-22-15/h4-5,9-10,13-15H,6-8,11-12H2,1-3H3,(H2,19,20,21).